The molecular weight excluding hydrogens is 422 g/mol. The fraction of sp³-hybridized carbons (Fsp3) is 0.143. The second-order valence-electron chi connectivity index (χ2n) is 8.67. The maximum Gasteiger partial charge on any atom is 0.254 e. The fourth-order valence-corrected chi connectivity index (χ4v) is 4.23. The molecule has 5 aromatic rings. The van der Waals surface area contributed by atoms with Gasteiger partial charge >= 0.3 is 0 Å². The number of anilines is 1. The molecule has 5 rings (SSSR count). The largest absolute Gasteiger partial charge is 0.383 e. The predicted molar refractivity (Wildman–Crippen MR) is 135 cm³/mol. The average molecular weight is 448 g/mol. The van der Waals surface area contributed by atoms with E-state index in [2.05, 4.69) is 33.2 Å². The van der Waals surface area contributed by atoms with Gasteiger partial charge in [0.1, 0.15) is 5.82 Å². The topological polar surface area (TPSA) is 85.0 Å². The molecule has 0 bridgehead atoms. The number of nitrogens with two attached hydrogens (primary N) is 1. The maximum absolute atomic E-state index is 13.1. The van der Waals surface area contributed by atoms with E-state index in [0.29, 0.717) is 24.3 Å². The van der Waals surface area contributed by atoms with Gasteiger partial charge in [0.15, 0.2) is 0 Å². The van der Waals surface area contributed by atoms with Crippen molar-refractivity contribution in [2.75, 3.05) is 12.8 Å². The van der Waals surface area contributed by atoms with Crippen LogP contribution < -0.4 is 5.73 Å². The summed E-state index contributed by atoms with van der Waals surface area (Å²) in [4.78, 5) is 28.0. The number of hydrogen-bond donors (Lipinski definition) is 1. The number of amides is 1. The normalized spacial score (nSPS) is 11.1. The Kier molecular flexibility index (Phi) is 5.64. The minimum absolute atomic E-state index is 0.0451. The van der Waals surface area contributed by atoms with Crippen molar-refractivity contribution < 1.29 is 4.79 Å². The molecule has 6 heteroatoms. The molecule has 0 spiro atoms. The van der Waals surface area contributed by atoms with Crippen molar-refractivity contribution in [3.05, 3.63) is 107 Å². The van der Waals surface area contributed by atoms with Crippen LogP contribution >= 0.6 is 0 Å². The molecule has 0 aliphatic rings. The third-order valence-corrected chi connectivity index (χ3v) is 5.96. The Hall–Kier alpha value is -4.32. The van der Waals surface area contributed by atoms with Crippen molar-refractivity contribution in [1.29, 1.82) is 0 Å². The molecule has 3 aromatic heterocycles. The van der Waals surface area contributed by atoms with E-state index in [1.54, 1.807) is 23.4 Å². The number of carbonyl (C=O) groups is 1. The molecule has 0 aliphatic carbocycles. The zero-order valence-corrected chi connectivity index (χ0v) is 19.2. The summed E-state index contributed by atoms with van der Waals surface area (Å²) in [5.74, 6) is 0.465. The first-order valence-corrected chi connectivity index (χ1v) is 11.1. The first-order chi connectivity index (χ1) is 16.5. The van der Waals surface area contributed by atoms with Gasteiger partial charge in [0, 0.05) is 60.6 Å². The van der Waals surface area contributed by atoms with Gasteiger partial charge in [0.2, 0.25) is 0 Å². The summed E-state index contributed by atoms with van der Waals surface area (Å²) in [5, 5.41) is 3.04. The van der Waals surface area contributed by atoms with Crippen LogP contribution in [0.5, 0.6) is 0 Å². The highest BCUT2D eigenvalue weighted by Crippen LogP contribution is 2.21. The molecule has 0 atom stereocenters. The molecule has 0 saturated carbocycles. The summed E-state index contributed by atoms with van der Waals surface area (Å²) in [7, 11) is 1.81. The van der Waals surface area contributed by atoms with Crippen LogP contribution in [-0.2, 0) is 13.0 Å². The minimum atomic E-state index is -0.0451. The Morgan fingerprint density at radius 1 is 0.882 bits per heavy atom. The number of carbonyl (C=O) groups excluding carboxylic acids is 1. The standard InChI is InChI=1S/C28H25N5O/c1-18-11-23-12-19(4-6-26(23)32-16-18)14-24-15-22(8-9-30-24)28(34)33(2)17-20-3-5-25-21(13-20)7-10-31-27(25)29/h3-13,15-16H,14,17H2,1-2H3,(H2,29,31). The van der Waals surface area contributed by atoms with E-state index >= 15 is 0 Å². The highest BCUT2D eigenvalue weighted by atomic mass is 16.2. The van der Waals surface area contributed by atoms with Gasteiger partial charge in [-0.1, -0.05) is 18.2 Å². The molecule has 2 aromatic carbocycles. The van der Waals surface area contributed by atoms with E-state index in [4.69, 9.17) is 5.73 Å². The van der Waals surface area contributed by atoms with Crippen LogP contribution in [0.15, 0.2) is 79.3 Å². The monoisotopic (exact) mass is 447 g/mol. The average Bonchev–Trinajstić information content (AvgIpc) is 2.83. The zero-order valence-electron chi connectivity index (χ0n) is 19.2. The highest BCUT2D eigenvalue weighted by Gasteiger charge is 2.14. The molecule has 0 aliphatic heterocycles. The Balaban J connectivity index is 1.33. The second-order valence-corrected chi connectivity index (χ2v) is 8.67. The number of nitrogens with zero attached hydrogens (tertiary/aromatic N) is 4. The molecule has 1 amide bonds. The molecule has 0 saturated heterocycles. The first-order valence-electron chi connectivity index (χ1n) is 11.1. The number of aromatic nitrogens is 3. The molecule has 0 fully saturated rings. The number of rotatable bonds is 5. The molecule has 0 unspecified atom stereocenters. The molecule has 2 N–H and O–H groups in total. The summed E-state index contributed by atoms with van der Waals surface area (Å²) in [6.07, 6.45) is 5.92. The number of hydrogen-bond acceptors (Lipinski definition) is 5. The highest BCUT2D eigenvalue weighted by molar-refractivity contribution is 5.94. The summed E-state index contributed by atoms with van der Waals surface area (Å²) < 4.78 is 0. The molecule has 0 radical (unpaired) electrons. The summed E-state index contributed by atoms with van der Waals surface area (Å²) in [5.41, 5.74) is 11.7. The van der Waals surface area contributed by atoms with Crippen molar-refractivity contribution in [2.24, 2.45) is 0 Å². The Morgan fingerprint density at radius 3 is 2.56 bits per heavy atom. The smallest absolute Gasteiger partial charge is 0.254 e. The third kappa shape index (κ3) is 4.43. The van der Waals surface area contributed by atoms with Crippen LogP contribution in [0.3, 0.4) is 0 Å². The van der Waals surface area contributed by atoms with Gasteiger partial charge in [-0.3, -0.25) is 14.8 Å². The van der Waals surface area contributed by atoms with Gasteiger partial charge in [-0.2, -0.15) is 0 Å². The van der Waals surface area contributed by atoms with E-state index in [-0.39, 0.29) is 5.91 Å². The Morgan fingerprint density at radius 2 is 1.68 bits per heavy atom. The van der Waals surface area contributed by atoms with E-state index in [0.717, 1.165) is 44.1 Å². The van der Waals surface area contributed by atoms with Gasteiger partial charge < -0.3 is 10.6 Å². The lowest BCUT2D eigenvalue weighted by Gasteiger charge is -2.18. The van der Waals surface area contributed by atoms with Crippen molar-refractivity contribution in [3.8, 4) is 0 Å². The summed E-state index contributed by atoms with van der Waals surface area (Å²) >= 11 is 0. The van der Waals surface area contributed by atoms with Gasteiger partial charge in [-0.15, -0.1) is 0 Å². The second kappa shape index (κ2) is 8.90. The molecule has 34 heavy (non-hydrogen) atoms. The van der Waals surface area contributed by atoms with E-state index in [9.17, 15) is 4.79 Å². The summed E-state index contributed by atoms with van der Waals surface area (Å²) in [6, 6.07) is 19.9. The third-order valence-electron chi connectivity index (χ3n) is 5.96. The lowest BCUT2D eigenvalue weighted by atomic mass is 10.0. The number of aryl methyl sites for hydroxylation is 1. The van der Waals surface area contributed by atoms with Crippen LogP contribution in [0, 0.1) is 6.92 Å². The molecular formula is C28H25N5O. The van der Waals surface area contributed by atoms with E-state index in [1.807, 2.05) is 56.6 Å². The number of fused-ring (bicyclic) bond motifs is 2. The lowest BCUT2D eigenvalue weighted by Crippen LogP contribution is -2.26. The molecule has 168 valence electrons. The van der Waals surface area contributed by atoms with Crippen LogP contribution in [0.25, 0.3) is 21.7 Å². The van der Waals surface area contributed by atoms with Gasteiger partial charge in [0.25, 0.3) is 5.91 Å². The van der Waals surface area contributed by atoms with Gasteiger partial charge in [-0.05, 0) is 71.5 Å². The van der Waals surface area contributed by atoms with Crippen molar-refractivity contribution in [3.63, 3.8) is 0 Å². The molecule has 3 heterocycles. The van der Waals surface area contributed by atoms with E-state index < -0.39 is 0 Å². The van der Waals surface area contributed by atoms with Crippen molar-refractivity contribution >= 4 is 33.4 Å². The summed E-state index contributed by atoms with van der Waals surface area (Å²) in [6.45, 7) is 2.53. The van der Waals surface area contributed by atoms with Crippen LogP contribution in [-0.4, -0.2) is 32.8 Å². The zero-order chi connectivity index (χ0) is 23.7. The van der Waals surface area contributed by atoms with Crippen molar-refractivity contribution in [2.45, 2.75) is 19.9 Å². The Bertz CT molecular complexity index is 1530. The number of pyridine rings is 3. The fourth-order valence-electron chi connectivity index (χ4n) is 4.23. The number of nitrogen functional groups attached to an aromatic ring is 1. The maximum atomic E-state index is 13.1. The van der Waals surface area contributed by atoms with Crippen molar-refractivity contribution in [1.82, 2.24) is 19.9 Å². The number of benzene rings is 2. The van der Waals surface area contributed by atoms with Gasteiger partial charge in [0.05, 0.1) is 5.52 Å². The quantitative estimate of drug-likeness (QED) is 0.413. The van der Waals surface area contributed by atoms with E-state index in [1.165, 1.54) is 0 Å². The molecule has 6 nitrogen and oxygen atoms in total. The minimum Gasteiger partial charge on any atom is -0.383 e. The van der Waals surface area contributed by atoms with Crippen LogP contribution in [0.1, 0.15) is 32.7 Å². The van der Waals surface area contributed by atoms with Crippen LogP contribution in [0.2, 0.25) is 0 Å². The Labute approximate surface area is 198 Å². The lowest BCUT2D eigenvalue weighted by molar-refractivity contribution is 0.0785. The first kappa shape index (κ1) is 21.5. The van der Waals surface area contributed by atoms with Crippen LogP contribution in [0.4, 0.5) is 5.82 Å². The SMILES string of the molecule is Cc1cnc2ccc(Cc3cc(C(=O)N(C)Cc4ccc5c(N)nccc5c4)ccn3)cc2c1. The predicted octanol–water partition coefficient (Wildman–Crippen LogP) is 4.93. The van der Waals surface area contributed by atoms with Gasteiger partial charge in [-0.25, -0.2) is 4.98 Å².